The molecule has 2 N–H and O–H groups in total. The van der Waals surface area contributed by atoms with E-state index in [0.29, 0.717) is 15.0 Å². The first kappa shape index (κ1) is 10.3. The lowest BCUT2D eigenvalue weighted by Gasteiger charge is -2.09. The number of nitrogens with one attached hydrogen (secondary N) is 1. The Labute approximate surface area is 91.5 Å². The molecule has 0 saturated heterocycles. The van der Waals surface area contributed by atoms with Crippen LogP contribution in [-0.2, 0) is 0 Å². The molecule has 1 aromatic heterocycles. The smallest absolute Gasteiger partial charge is 0.388 e. The Bertz CT molecular complexity index is 505. The van der Waals surface area contributed by atoms with E-state index in [2.05, 4.69) is 0 Å². The number of imidazole rings is 1. The summed E-state index contributed by atoms with van der Waals surface area (Å²) in [5.41, 5.74) is 3.28. The average Bonchev–Trinajstić information content (AvgIpc) is 2.55. The SMILES string of the molecule is Cc1ccc(-c2cn(O)c(N[O-])[n+]2[O-])cc1. The van der Waals surface area contributed by atoms with Gasteiger partial charge in [0.1, 0.15) is 11.9 Å². The van der Waals surface area contributed by atoms with E-state index in [1.54, 1.807) is 12.1 Å². The van der Waals surface area contributed by atoms with Gasteiger partial charge in [0.25, 0.3) is 0 Å². The standard InChI is InChI=1S/C10H10N3O3/c1-7-2-4-8(5-3-7)9-6-12(15)10(11-14)13(9)16/h2-6,11,15H,1H3/q-1. The zero-order chi connectivity index (χ0) is 11.7. The van der Waals surface area contributed by atoms with E-state index in [4.69, 9.17) is 0 Å². The molecule has 0 unspecified atom stereocenters. The monoisotopic (exact) mass is 220 g/mol. The van der Waals surface area contributed by atoms with Crippen molar-refractivity contribution in [2.45, 2.75) is 6.92 Å². The van der Waals surface area contributed by atoms with Gasteiger partial charge in [-0.05, 0) is 6.92 Å². The van der Waals surface area contributed by atoms with Crippen molar-refractivity contribution in [2.24, 2.45) is 0 Å². The summed E-state index contributed by atoms with van der Waals surface area (Å²) >= 11 is 0. The minimum atomic E-state index is -0.462. The Morgan fingerprint density at radius 3 is 2.44 bits per heavy atom. The van der Waals surface area contributed by atoms with Crippen molar-refractivity contribution in [1.82, 2.24) is 4.73 Å². The van der Waals surface area contributed by atoms with Crippen molar-refractivity contribution in [1.29, 1.82) is 0 Å². The molecular formula is C10H10N3O3-. The summed E-state index contributed by atoms with van der Waals surface area (Å²) in [5.74, 6) is -0.462. The van der Waals surface area contributed by atoms with Gasteiger partial charge in [-0.15, -0.1) is 0 Å². The predicted octanol–water partition coefficient (Wildman–Crippen LogP) is 1.24. The van der Waals surface area contributed by atoms with Crippen LogP contribution in [0.25, 0.3) is 11.3 Å². The fourth-order valence-corrected chi connectivity index (χ4v) is 1.44. The normalized spacial score (nSPS) is 10.4. The molecule has 0 radical (unpaired) electrons. The van der Waals surface area contributed by atoms with E-state index in [1.165, 1.54) is 11.7 Å². The van der Waals surface area contributed by atoms with Gasteiger partial charge in [-0.2, -0.15) is 0 Å². The molecule has 0 saturated carbocycles. The van der Waals surface area contributed by atoms with E-state index >= 15 is 0 Å². The van der Waals surface area contributed by atoms with E-state index in [-0.39, 0.29) is 5.69 Å². The Morgan fingerprint density at radius 1 is 1.31 bits per heavy atom. The molecule has 0 amide bonds. The highest BCUT2D eigenvalue weighted by Crippen LogP contribution is 2.18. The summed E-state index contributed by atoms with van der Waals surface area (Å²) in [7, 11) is 0. The molecule has 0 aliphatic rings. The molecule has 1 aromatic carbocycles. The molecular weight excluding hydrogens is 210 g/mol. The Hall–Kier alpha value is -2.21. The van der Waals surface area contributed by atoms with Crippen LogP contribution in [0.4, 0.5) is 5.95 Å². The van der Waals surface area contributed by atoms with Crippen LogP contribution in [0.1, 0.15) is 5.56 Å². The lowest BCUT2D eigenvalue weighted by molar-refractivity contribution is -0.578. The third-order valence-electron chi connectivity index (χ3n) is 2.31. The van der Waals surface area contributed by atoms with Crippen LogP contribution in [0.2, 0.25) is 0 Å². The molecule has 2 aromatic rings. The van der Waals surface area contributed by atoms with Crippen molar-refractivity contribution >= 4 is 5.95 Å². The first-order chi connectivity index (χ1) is 7.63. The quantitative estimate of drug-likeness (QED) is 0.345. The average molecular weight is 220 g/mol. The van der Waals surface area contributed by atoms with Crippen molar-refractivity contribution in [2.75, 3.05) is 5.48 Å². The molecule has 0 aliphatic carbocycles. The molecule has 1 heterocycles. The zero-order valence-electron chi connectivity index (χ0n) is 8.54. The Kier molecular flexibility index (Phi) is 2.41. The first-order valence-electron chi connectivity index (χ1n) is 4.63. The second-order valence-corrected chi connectivity index (χ2v) is 3.44. The number of aromatic nitrogens is 2. The highest BCUT2D eigenvalue weighted by molar-refractivity contribution is 5.57. The topological polar surface area (TPSA) is 87.2 Å². The minimum absolute atomic E-state index is 0.209. The molecule has 0 spiro atoms. The summed E-state index contributed by atoms with van der Waals surface area (Å²) < 4.78 is 0.812. The fraction of sp³-hybridized carbons (Fsp3) is 0.100. The number of rotatable bonds is 2. The van der Waals surface area contributed by atoms with Crippen LogP contribution >= 0.6 is 0 Å². The lowest BCUT2D eigenvalue weighted by atomic mass is 10.1. The van der Waals surface area contributed by atoms with Crippen LogP contribution in [0.3, 0.4) is 0 Å². The summed E-state index contributed by atoms with van der Waals surface area (Å²) in [6.45, 7) is 1.93. The summed E-state index contributed by atoms with van der Waals surface area (Å²) in [6.07, 6.45) is 1.18. The van der Waals surface area contributed by atoms with Crippen LogP contribution < -0.4 is 10.2 Å². The number of hydrogen-bond donors (Lipinski definition) is 2. The molecule has 0 bridgehead atoms. The van der Waals surface area contributed by atoms with E-state index < -0.39 is 5.95 Å². The highest BCUT2D eigenvalue weighted by Gasteiger charge is 2.15. The molecule has 0 aliphatic heterocycles. The van der Waals surface area contributed by atoms with Gasteiger partial charge >= 0.3 is 5.95 Å². The van der Waals surface area contributed by atoms with Crippen molar-refractivity contribution in [3.63, 3.8) is 0 Å². The van der Waals surface area contributed by atoms with E-state index in [1.807, 2.05) is 19.1 Å². The zero-order valence-corrected chi connectivity index (χ0v) is 8.54. The predicted molar refractivity (Wildman–Crippen MR) is 57.7 cm³/mol. The van der Waals surface area contributed by atoms with Crippen molar-refractivity contribution in [3.05, 3.63) is 46.4 Å². The van der Waals surface area contributed by atoms with E-state index in [0.717, 1.165) is 5.56 Å². The molecule has 6 nitrogen and oxygen atoms in total. The maximum atomic E-state index is 11.6. The maximum Gasteiger partial charge on any atom is 0.388 e. The largest absolute Gasteiger partial charge is 0.740 e. The Morgan fingerprint density at radius 2 is 1.94 bits per heavy atom. The summed E-state index contributed by atoms with van der Waals surface area (Å²) in [6, 6.07) is 7.17. The summed E-state index contributed by atoms with van der Waals surface area (Å²) in [4.78, 5) is 0. The van der Waals surface area contributed by atoms with Crippen molar-refractivity contribution in [3.8, 4) is 11.3 Å². The van der Waals surface area contributed by atoms with Gasteiger partial charge in [0.15, 0.2) is 0 Å². The van der Waals surface area contributed by atoms with Crippen LogP contribution in [-0.4, -0.2) is 9.94 Å². The highest BCUT2D eigenvalue weighted by atomic mass is 16.5. The van der Waals surface area contributed by atoms with Gasteiger partial charge in [0, 0.05) is 5.56 Å². The number of benzene rings is 1. The molecule has 16 heavy (non-hydrogen) atoms. The van der Waals surface area contributed by atoms with Gasteiger partial charge in [0.2, 0.25) is 0 Å². The molecule has 84 valence electrons. The molecule has 0 atom stereocenters. The first-order valence-corrected chi connectivity index (χ1v) is 4.63. The van der Waals surface area contributed by atoms with Gasteiger partial charge in [-0.1, -0.05) is 34.6 Å². The number of hydrogen-bond acceptors (Lipinski definition) is 4. The molecule has 2 rings (SSSR count). The number of aryl methyl sites for hydroxylation is 1. The second kappa shape index (κ2) is 3.74. The Balaban J connectivity index is 2.52. The summed E-state index contributed by atoms with van der Waals surface area (Å²) in [5, 5.41) is 31.3. The third kappa shape index (κ3) is 1.55. The van der Waals surface area contributed by atoms with E-state index in [9.17, 15) is 15.6 Å². The van der Waals surface area contributed by atoms with Gasteiger partial charge < -0.3 is 21.1 Å². The lowest BCUT2D eigenvalue weighted by Crippen LogP contribution is -2.30. The van der Waals surface area contributed by atoms with Crippen LogP contribution in [0.15, 0.2) is 30.5 Å². The second-order valence-electron chi connectivity index (χ2n) is 3.44. The maximum absolute atomic E-state index is 11.6. The fourth-order valence-electron chi connectivity index (χ4n) is 1.44. The van der Waals surface area contributed by atoms with Crippen LogP contribution in [0.5, 0.6) is 0 Å². The third-order valence-corrected chi connectivity index (χ3v) is 2.31. The molecule has 6 heteroatoms. The van der Waals surface area contributed by atoms with Crippen molar-refractivity contribution < 1.29 is 9.94 Å². The number of anilines is 1. The van der Waals surface area contributed by atoms with Gasteiger partial charge in [-0.25, -0.2) is 4.73 Å². The van der Waals surface area contributed by atoms with Gasteiger partial charge in [0.05, 0.1) is 0 Å². The number of nitrogens with zero attached hydrogens (tertiary/aromatic N) is 2. The molecule has 0 fully saturated rings. The minimum Gasteiger partial charge on any atom is -0.740 e. The van der Waals surface area contributed by atoms with Crippen LogP contribution in [0, 0.1) is 17.3 Å². The van der Waals surface area contributed by atoms with Gasteiger partial charge in [-0.3, -0.25) is 0 Å².